The van der Waals surface area contributed by atoms with Gasteiger partial charge in [-0.25, -0.2) is 4.98 Å². The molecule has 0 aliphatic heterocycles. The Morgan fingerprint density at radius 1 is 1.26 bits per heavy atom. The van der Waals surface area contributed by atoms with Gasteiger partial charge in [0.15, 0.2) is 0 Å². The molecule has 0 fully saturated rings. The van der Waals surface area contributed by atoms with Crippen LogP contribution in [0.4, 0.5) is 5.82 Å². The zero-order valence-corrected chi connectivity index (χ0v) is 10.6. The van der Waals surface area contributed by atoms with Crippen molar-refractivity contribution in [1.82, 2.24) is 14.8 Å². The third-order valence-electron chi connectivity index (χ3n) is 2.68. The Balaban J connectivity index is 2.22. The first-order valence-electron chi connectivity index (χ1n) is 5.55. The fraction of sp³-hybridized carbons (Fsp3) is 0. The van der Waals surface area contributed by atoms with Gasteiger partial charge in [-0.2, -0.15) is 15.0 Å². The average molecular weight is 267 g/mol. The number of anilines is 1. The quantitative estimate of drug-likeness (QED) is 0.773. The SMILES string of the molecule is N#Cc1c(-c2ccccc2)nn(-c2nccs2)c1N. The van der Waals surface area contributed by atoms with Gasteiger partial charge in [0.2, 0.25) is 5.13 Å². The van der Waals surface area contributed by atoms with Gasteiger partial charge in [-0.05, 0) is 0 Å². The van der Waals surface area contributed by atoms with Crippen LogP contribution < -0.4 is 5.73 Å². The van der Waals surface area contributed by atoms with Gasteiger partial charge in [0.1, 0.15) is 23.1 Å². The van der Waals surface area contributed by atoms with Crippen LogP contribution in [-0.2, 0) is 0 Å². The van der Waals surface area contributed by atoms with Crippen molar-refractivity contribution >= 4 is 17.2 Å². The van der Waals surface area contributed by atoms with Crippen molar-refractivity contribution in [3.63, 3.8) is 0 Å². The molecule has 92 valence electrons. The maximum atomic E-state index is 9.27. The lowest BCUT2D eigenvalue weighted by Crippen LogP contribution is -2.01. The molecule has 0 atom stereocenters. The molecular weight excluding hydrogens is 258 g/mol. The Kier molecular flexibility index (Phi) is 2.74. The Morgan fingerprint density at radius 2 is 2.05 bits per heavy atom. The molecule has 0 amide bonds. The van der Waals surface area contributed by atoms with Crippen LogP contribution in [-0.4, -0.2) is 14.8 Å². The van der Waals surface area contributed by atoms with Crippen molar-refractivity contribution in [2.24, 2.45) is 0 Å². The van der Waals surface area contributed by atoms with E-state index < -0.39 is 0 Å². The molecule has 3 aromatic rings. The van der Waals surface area contributed by atoms with E-state index in [4.69, 9.17) is 5.73 Å². The summed E-state index contributed by atoms with van der Waals surface area (Å²) in [7, 11) is 0. The van der Waals surface area contributed by atoms with Crippen LogP contribution in [0.2, 0.25) is 0 Å². The van der Waals surface area contributed by atoms with E-state index in [1.54, 1.807) is 6.20 Å². The highest BCUT2D eigenvalue weighted by Crippen LogP contribution is 2.28. The van der Waals surface area contributed by atoms with E-state index in [0.29, 0.717) is 22.2 Å². The van der Waals surface area contributed by atoms with Gasteiger partial charge in [0.25, 0.3) is 0 Å². The van der Waals surface area contributed by atoms with Gasteiger partial charge in [-0.1, -0.05) is 30.3 Å². The highest BCUT2D eigenvalue weighted by Gasteiger charge is 2.18. The average Bonchev–Trinajstić information content (AvgIpc) is 3.07. The van der Waals surface area contributed by atoms with Crippen LogP contribution >= 0.6 is 11.3 Å². The third-order valence-corrected chi connectivity index (χ3v) is 3.43. The minimum absolute atomic E-state index is 0.316. The number of benzene rings is 1. The molecule has 6 heteroatoms. The van der Waals surface area contributed by atoms with Crippen LogP contribution in [0.3, 0.4) is 0 Å². The minimum Gasteiger partial charge on any atom is -0.382 e. The predicted molar refractivity (Wildman–Crippen MR) is 73.8 cm³/mol. The molecule has 0 saturated heterocycles. The fourth-order valence-electron chi connectivity index (χ4n) is 1.81. The summed E-state index contributed by atoms with van der Waals surface area (Å²) in [4.78, 5) is 4.16. The van der Waals surface area contributed by atoms with Gasteiger partial charge in [-0.15, -0.1) is 11.3 Å². The van der Waals surface area contributed by atoms with Crippen molar-refractivity contribution in [1.29, 1.82) is 5.26 Å². The summed E-state index contributed by atoms with van der Waals surface area (Å²) in [6, 6.07) is 11.6. The molecule has 0 saturated carbocycles. The third kappa shape index (κ3) is 1.86. The van der Waals surface area contributed by atoms with Crippen molar-refractivity contribution < 1.29 is 0 Å². The van der Waals surface area contributed by atoms with Gasteiger partial charge < -0.3 is 5.73 Å². The number of hydrogen-bond acceptors (Lipinski definition) is 5. The number of nitrogens with two attached hydrogens (primary N) is 1. The maximum Gasteiger partial charge on any atom is 0.212 e. The topological polar surface area (TPSA) is 80.5 Å². The molecule has 19 heavy (non-hydrogen) atoms. The summed E-state index contributed by atoms with van der Waals surface area (Å²) in [5.74, 6) is 0.316. The highest BCUT2D eigenvalue weighted by atomic mass is 32.1. The second-order valence-electron chi connectivity index (χ2n) is 3.81. The Labute approximate surface area is 113 Å². The van der Waals surface area contributed by atoms with E-state index in [0.717, 1.165) is 5.56 Å². The van der Waals surface area contributed by atoms with Crippen molar-refractivity contribution in [2.45, 2.75) is 0 Å². The molecular formula is C13H9N5S. The molecule has 5 nitrogen and oxygen atoms in total. The van der Waals surface area contributed by atoms with Crippen molar-refractivity contribution in [3.8, 4) is 22.5 Å². The monoisotopic (exact) mass is 267 g/mol. The lowest BCUT2D eigenvalue weighted by atomic mass is 10.1. The highest BCUT2D eigenvalue weighted by molar-refractivity contribution is 7.12. The number of thiazole rings is 1. The number of nitriles is 1. The van der Waals surface area contributed by atoms with Crippen LogP contribution in [0.1, 0.15) is 5.56 Å². The molecule has 2 N–H and O–H groups in total. The summed E-state index contributed by atoms with van der Waals surface area (Å²) in [6.45, 7) is 0. The molecule has 0 aliphatic rings. The molecule has 0 radical (unpaired) electrons. The number of nitrogen functional groups attached to an aromatic ring is 1. The van der Waals surface area contributed by atoms with Gasteiger partial charge in [-0.3, -0.25) is 0 Å². The van der Waals surface area contributed by atoms with Crippen LogP contribution in [0.25, 0.3) is 16.4 Å². The number of nitrogens with zero attached hydrogens (tertiary/aromatic N) is 4. The van der Waals surface area contributed by atoms with Crippen LogP contribution in [0.5, 0.6) is 0 Å². The first kappa shape index (κ1) is 11.4. The molecule has 0 spiro atoms. The van der Waals surface area contributed by atoms with E-state index in [2.05, 4.69) is 16.2 Å². The fourth-order valence-corrected chi connectivity index (χ4v) is 2.41. The van der Waals surface area contributed by atoms with E-state index in [-0.39, 0.29) is 0 Å². The molecule has 0 unspecified atom stereocenters. The first-order chi connectivity index (χ1) is 9.31. The normalized spacial score (nSPS) is 10.3. The number of rotatable bonds is 2. The minimum atomic E-state index is 0.316. The van der Waals surface area contributed by atoms with Crippen LogP contribution in [0.15, 0.2) is 41.9 Å². The van der Waals surface area contributed by atoms with Gasteiger partial charge >= 0.3 is 0 Å². The molecule has 2 heterocycles. The van der Waals surface area contributed by atoms with Gasteiger partial charge in [0.05, 0.1) is 0 Å². The standard InChI is InChI=1S/C13H9N5S/c14-8-10-11(9-4-2-1-3-5-9)17-18(12(10)15)13-16-6-7-19-13/h1-7H,15H2. The zero-order chi connectivity index (χ0) is 13.2. The molecule has 0 aliphatic carbocycles. The molecule has 1 aromatic carbocycles. The Hall–Kier alpha value is -2.65. The lowest BCUT2D eigenvalue weighted by molar-refractivity contribution is 0.883. The van der Waals surface area contributed by atoms with E-state index in [9.17, 15) is 5.26 Å². The Bertz CT molecular complexity index is 737. The van der Waals surface area contributed by atoms with E-state index in [1.165, 1.54) is 16.0 Å². The number of hydrogen-bond donors (Lipinski definition) is 1. The molecule has 3 rings (SSSR count). The molecule has 0 bridgehead atoms. The number of aromatic nitrogens is 3. The predicted octanol–water partition coefficient (Wildman–Crippen LogP) is 2.45. The van der Waals surface area contributed by atoms with Crippen LogP contribution in [0, 0.1) is 11.3 Å². The summed E-state index contributed by atoms with van der Waals surface area (Å²) in [5.41, 5.74) is 7.81. The zero-order valence-electron chi connectivity index (χ0n) is 9.82. The van der Waals surface area contributed by atoms with E-state index in [1.807, 2.05) is 35.7 Å². The van der Waals surface area contributed by atoms with Crippen molar-refractivity contribution in [3.05, 3.63) is 47.5 Å². The molecule has 2 aromatic heterocycles. The second-order valence-corrected chi connectivity index (χ2v) is 4.69. The lowest BCUT2D eigenvalue weighted by Gasteiger charge is -1.96. The van der Waals surface area contributed by atoms with Gasteiger partial charge in [0, 0.05) is 17.1 Å². The van der Waals surface area contributed by atoms with Crippen molar-refractivity contribution in [2.75, 3.05) is 5.73 Å². The summed E-state index contributed by atoms with van der Waals surface area (Å²) in [5, 5.41) is 16.2. The summed E-state index contributed by atoms with van der Waals surface area (Å²) >= 11 is 1.42. The maximum absolute atomic E-state index is 9.27. The second kappa shape index (κ2) is 4.55. The Morgan fingerprint density at radius 3 is 2.68 bits per heavy atom. The smallest absolute Gasteiger partial charge is 0.212 e. The largest absolute Gasteiger partial charge is 0.382 e. The van der Waals surface area contributed by atoms with E-state index >= 15 is 0 Å². The first-order valence-corrected chi connectivity index (χ1v) is 6.43. The summed E-state index contributed by atoms with van der Waals surface area (Å²) < 4.78 is 1.51. The summed E-state index contributed by atoms with van der Waals surface area (Å²) in [6.07, 6.45) is 1.68.